The summed E-state index contributed by atoms with van der Waals surface area (Å²) in [6, 6.07) is 13.2. The van der Waals surface area contributed by atoms with E-state index in [1.54, 1.807) is 36.4 Å². The van der Waals surface area contributed by atoms with Crippen LogP contribution in [0.2, 0.25) is 0 Å². The molecule has 8 nitrogen and oxygen atoms in total. The van der Waals surface area contributed by atoms with E-state index in [1.165, 1.54) is 25.7 Å². The number of carbonyl (C=O) groups excluding carboxylic acids is 2. The van der Waals surface area contributed by atoms with Gasteiger partial charge in [-0.3, -0.25) is 14.9 Å². The second-order valence-electron chi connectivity index (χ2n) is 8.25. The van der Waals surface area contributed by atoms with Crippen LogP contribution in [-0.2, 0) is 4.74 Å². The van der Waals surface area contributed by atoms with Gasteiger partial charge in [0.25, 0.3) is 11.6 Å². The van der Waals surface area contributed by atoms with Crippen LogP contribution in [0.15, 0.2) is 48.5 Å². The second kappa shape index (κ2) is 9.28. The summed E-state index contributed by atoms with van der Waals surface area (Å²) in [7, 11) is 1.31. The number of aromatic nitrogens is 1. The molecular weight excluding hydrogens is 422 g/mol. The highest BCUT2D eigenvalue weighted by Crippen LogP contribution is 2.39. The maximum Gasteiger partial charge on any atom is 0.355 e. The van der Waals surface area contributed by atoms with Crippen molar-refractivity contribution < 1.29 is 19.2 Å². The molecule has 0 atom stereocenters. The highest BCUT2D eigenvalue weighted by Gasteiger charge is 2.24. The SMILES string of the molecule is COC(=O)c1[nH]c(C)c(-c2ccc([N+](=O)[O-])cc2)c1-c1ccc(C(=O)NCC2CCC2)cc1. The zero-order valence-electron chi connectivity index (χ0n) is 18.5. The first-order valence-electron chi connectivity index (χ1n) is 10.8. The van der Waals surface area contributed by atoms with Crippen LogP contribution in [0.4, 0.5) is 5.69 Å². The van der Waals surface area contributed by atoms with E-state index in [-0.39, 0.29) is 17.3 Å². The lowest BCUT2D eigenvalue weighted by atomic mass is 9.85. The molecule has 33 heavy (non-hydrogen) atoms. The number of amides is 1. The van der Waals surface area contributed by atoms with Crippen molar-refractivity contribution in [1.82, 2.24) is 10.3 Å². The average molecular weight is 447 g/mol. The van der Waals surface area contributed by atoms with Crippen molar-refractivity contribution >= 4 is 17.6 Å². The standard InChI is InChI=1S/C25H25N3O5/c1-15-21(17-10-12-20(13-11-17)28(31)32)22(23(27-15)25(30)33-2)18-6-8-19(9-7-18)24(29)26-14-16-4-3-5-16/h6-13,16,27H,3-5,14H2,1-2H3,(H,26,29). The van der Waals surface area contributed by atoms with Crippen LogP contribution in [-0.4, -0.2) is 35.4 Å². The number of aromatic amines is 1. The van der Waals surface area contributed by atoms with Gasteiger partial charge in [-0.15, -0.1) is 0 Å². The van der Waals surface area contributed by atoms with Crippen LogP contribution in [0.5, 0.6) is 0 Å². The van der Waals surface area contributed by atoms with Gasteiger partial charge in [-0.2, -0.15) is 0 Å². The Labute approximate surface area is 191 Å². The van der Waals surface area contributed by atoms with E-state index in [9.17, 15) is 19.7 Å². The van der Waals surface area contributed by atoms with Crippen LogP contribution in [0.25, 0.3) is 22.3 Å². The average Bonchev–Trinajstić information content (AvgIpc) is 3.14. The van der Waals surface area contributed by atoms with Crippen molar-refractivity contribution in [3.8, 4) is 22.3 Å². The van der Waals surface area contributed by atoms with Gasteiger partial charge in [0.15, 0.2) is 0 Å². The molecule has 170 valence electrons. The Hall–Kier alpha value is -3.94. The van der Waals surface area contributed by atoms with Gasteiger partial charge in [0.1, 0.15) is 5.69 Å². The van der Waals surface area contributed by atoms with E-state index in [0.29, 0.717) is 23.6 Å². The molecule has 2 N–H and O–H groups in total. The molecule has 1 saturated carbocycles. The van der Waals surface area contributed by atoms with Crippen molar-refractivity contribution in [2.75, 3.05) is 13.7 Å². The summed E-state index contributed by atoms with van der Waals surface area (Å²) < 4.78 is 4.96. The first-order chi connectivity index (χ1) is 15.9. The molecule has 2 aromatic carbocycles. The topological polar surface area (TPSA) is 114 Å². The van der Waals surface area contributed by atoms with Gasteiger partial charge in [0, 0.05) is 41.1 Å². The number of benzene rings is 2. The van der Waals surface area contributed by atoms with Crippen LogP contribution in [0.3, 0.4) is 0 Å². The molecule has 8 heteroatoms. The Morgan fingerprint density at radius 2 is 1.67 bits per heavy atom. The molecule has 1 fully saturated rings. The van der Waals surface area contributed by atoms with E-state index >= 15 is 0 Å². The summed E-state index contributed by atoms with van der Waals surface area (Å²) >= 11 is 0. The summed E-state index contributed by atoms with van der Waals surface area (Å²) in [4.78, 5) is 38.7. The molecule has 4 rings (SSSR count). The van der Waals surface area contributed by atoms with Gasteiger partial charge in [0.2, 0.25) is 0 Å². The van der Waals surface area contributed by atoms with Crippen LogP contribution >= 0.6 is 0 Å². The lowest BCUT2D eigenvalue weighted by Crippen LogP contribution is -2.32. The zero-order valence-corrected chi connectivity index (χ0v) is 18.5. The number of ether oxygens (including phenoxy) is 1. The minimum absolute atomic E-state index is 0.0149. The maximum absolute atomic E-state index is 12.5. The number of nitrogens with zero attached hydrogens (tertiary/aromatic N) is 1. The number of nitro groups is 1. The van der Waals surface area contributed by atoms with Crippen LogP contribution < -0.4 is 5.32 Å². The fourth-order valence-corrected chi connectivity index (χ4v) is 4.10. The molecular formula is C25H25N3O5. The maximum atomic E-state index is 12.5. The van der Waals surface area contributed by atoms with E-state index < -0.39 is 10.9 Å². The first kappa shape index (κ1) is 22.3. The quantitative estimate of drug-likeness (QED) is 0.304. The second-order valence-corrected chi connectivity index (χ2v) is 8.25. The summed E-state index contributed by atoms with van der Waals surface area (Å²) in [5.74, 6) is -0.0750. The number of hydrogen-bond donors (Lipinski definition) is 2. The Kier molecular flexibility index (Phi) is 6.26. The predicted octanol–water partition coefficient (Wildman–Crippen LogP) is 4.88. The Morgan fingerprint density at radius 3 is 2.21 bits per heavy atom. The van der Waals surface area contributed by atoms with Gasteiger partial charge < -0.3 is 15.0 Å². The number of methoxy groups -OCH3 is 1. The third-order valence-corrected chi connectivity index (χ3v) is 6.16. The van der Waals surface area contributed by atoms with Gasteiger partial charge in [0.05, 0.1) is 12.0 Å². The van der Waals surface area contributed by atoms with Gasteiger partial charge in [-0.1, -0.05) is 18.6 Å². The number of carbonyl (C=O) groups is 2. The number of aryl methyl sites for hydroxylation is 1. The van der Waals surface area contributed by atoms with Gasteiger partial charge in [-0.05, 0) is 61.1 Å². The number of esters is 1. The highest BCUT2D eigenvalue weighted by atomic mass is 16.6. The number of rotatable bonds is 7. The molecule has 1 aliphatic carbocycles. The Balaban J connectivity index is 1.70. The molecule has 1 aromatic heterocycles. The third kappa shape index (κ3) is 4.50. The molecule has 1 aliphatic rings. The smallest absolute Gasteiger partial charge is 0.355 e. The normalized spacial score (nSPS) is 13.3. The third-order valence-electron chi connectivity index (χ3n) is 6.16. The summed E-state index contributed by atoms with van der Waals surface area (Å²) in [5, 5.41) is 14.0. The summed E-state index contributed by atoms with van der Waals surface area (Å²) in [6.07, 6.45) is 3.55. The van der Waals surface area contributed by atoms with Crippen molar-refractivity contribution in [2.24, 2.45) is 5.92 Å². The highest BCUT2D eigenvalue weighted by molar-refractivity contribution is 6.02. The zero-order chi connectivity index (χ0) is 23.5. The van der Waals surface area contributed by atoms with E-state index in [0.717, 1.165) is 35.2 Å². The minimum atomic E-state index is -0.524. The van der Waals surface area contributed by atoms with E-state index in [2.05, 4.69) is 10.3 Å². The van der Waals surface area contributed by atoms with Crippen molar-refractivity contribution in [3.05, 3.63) is 75.6 Å². The number of hydrogen-bond acceptors (Lipinski definition) is 5. The summed E-state index contributed by atoms with van der Waals surface area (Å²) in [5.41, 5.74) is 4.35. The monoisotopic (exact) mass is 447 g/mol. The molecule has 3 aromatic rings. The molecule has 0 bridgehead atoms. The Bertz CT molecular complexity index is 1190. The molecule has 1 heterocycles. The van der Waals surface area contributed by atoms with Crippen molar-refractivity contribution in [3.63, 3.8) is 0 Å². The largest absolute Gasteiger partial charge is 0.464 e. The van der Waals surface area contributed by atoms with Crippen LogP contribution in [0.1, 0.15) is 45.8 Å². The van der Waals surface area contributed by atoms with E-state index in [1.807, 2.05) is 6.92 Å². The fourth-order valence-electron chi connectivity index (χ4n) is 4.10. The molecule has 0 saturated heterocycles. The lowest BCUT2D eigenvalue weighted by Gasteiger charge is -2.25. The van der Waals surface area contributed by atoms with Crippen LogP contribution in [0, 0.1) is 23.0 Å². The minimum Gasteiger partial charge on any atom is -0.464 e. The molecule has 0 aliphatic heterocycles. The Morgan fingerprint density at radius 1 is 1.06 bits per heavy atom. The molecule has 0 unspecified atom stereocenters. The van der Waals surface area contributed by atoms with Gasteiger partial charge in [-0.25, -0.2) is 4.79 Å². The number of H-pyrrole nitrogens is 1. The number of nitrogens with one attached hydrogen (secondary N) is 2. The predicted molar refractivity (Wildman–Crippen MR) is 124 cm³/mol. The number of non-ortho nitro benzene ring substituents is 1. The lowest BCUT2D eigenvalue weighted by molar-refractivity contribution is -0.384. The van der Waals surface area contributed by atoms with Crippen molar-refractivity contribution in [1.29, 1.82) is 0 Å². The van der Waals surface area contributed by atoms with Gasteiger partial charge >= 0.3 is 5.97 Å². The molecule has 0 radical (unpaired) electrons. The molecule has 0 spiro atoms. The van der Waals surface area contributed by atoms with E-state index in [4.69, 9.17) is 4.74 Å². The number of nitro benzene ring substituents is 1. The fraction of sp³-hybridized carbons (Fsp3) is 0.280. The first-order valence-corrected chi connectivity index (χ1v) is 10.8. The molecule has 1 amide bonds. The summed E-state index contributed by atoms with van der Waals surface area (Å²) in [6.45, 7) is 2.52. The van der Waals surface area contributed by atoms with Crippen molar-refractivity contribution in [2.45, 2.75) is 26.2 Å².